The predicted molar refractivity (Wildman–Crippen MR) is 96.5 cm³/mol. The Balaban J connectivity index is 1.98. The van der Waals surface area contributed by atoms with Crippen molar-refractivity contribution in [3.05, 3.63) is 69.7 Å². The van der Waals surface area contributed by atoms with Gasteiger partial charge in [0.25, 0.3) is 0 Å². The average molecular weight is 376 g/mol. The zero-order valence-corrected chi connectivity index (χ0v) is 14.8. The van der Waals surface area contributed by atoms with E-state index in [2.05, 4.69) is 58.5 Å². The van der Waals surface area contributed by atoms with Crippen LogP contribution in [-0.2, 0) is 17.8 Å². The van der Waals surface area contributed by atoms with E-state index in [-0.39, 0.29) is 12.5 Å². The highest BCUT2D eigenvalue weighted by Gasteiger charge is 2.11. The van der Waals surface area contributed by atoms with Gasteiger partial charge in [-0.3, -0.25) is 4.79 Å². The van der Waals surface area contributed by atoms with Gasteiger partial charge in [-0.1, -0.05) is 58.4 Å². The Morgan fingerprint density at radius 2 is 1.91 bits per heavy atom. The first-order valence-electron chi connectivity index (χ1n) is 7.78. The quantitative estimate of drug-likeness (QED) is 0.721. The standard InChI is InChI=1S/C19H22BrNO2/c1-14-11-16(7-9-18(14)20)13-21-17(8-10-19(22)23)12-15-5-3-2-4-6-15/h2-7,9,11,17,21H,8,10,12-13H2,1H3,(H,22,23). The van der Waals surface area contributed by atoms with Gasteiger partial charge in [0, 0.05) is 23.5 Å². The Hall–Kier alpha value is -1.65. The molecule has 0 fully saturated rings. The van der Waals surface area contributed by atoms with Crippen molar-refractivity contribution < 1.29 is 9.90 Å². The fourth-order valence-electron chi connectivity index (χ4n) is 2.55. The summed E-state index contributed by atoms with van der Waals surface area (Å²) < 4.78 is 1.10. The molecule has 2 rings (SSSR count). The fourth-order valence-corrected chi connectivity index (χ4v) is 2.80. The van der Waals surface area contributed by atoms with Crippen molar-refractivity contribution >= 4 is 21.9 Å². The lowest BCUT2D eigenvalue weighted by Crippen LogP contribution is -2.31. The van der Waals surface area contributed by atoms with Gasteiger partial charge in [0.15, 0.2) is 0 Å². The van der Waals surface area contributed by atoms with Crippen LogP contribution in [0, 0.1) is 6.92 Å². The first-order chi connectivity index (χ1) is 11.0. The third kappa shape index (κ3) is 6.16. The molecule has 23 heavy (non-hydrogen) atoms. The molecular formula is C19H22BrNO2. The number of nitrogens with one attached hydrogen (secondary N) is 1. The molecule has 0 saturated carbocycles. The third-order valence-electron chi connectivity index (χ3n) is 3.85. The number of rotatable bonds is 8. The van der Waals surface area contributed by atoms with Gasteiger partial charge in [0.1, 0.15) is 0 Å². The minimum atomic E-state index is -0.746. The third-order valence-corrected chi connectivity index (χ3v) is 4.74. The second-order valence-electron chi connectivity index (χ2n) is 5.78. The average Bonchev–Trinajstić information content (AvgIpc) is 2.54. The van der Waals surface area contributed by atoms with E-state index in [0.717, 1.165) is 17.4 Å². The van der Waals surface area contributed by atoms with Crippen LogP contribution in [0.25, 0.3) is 0 Å². The number of carboxylic acid groups (broad SMARTS) is 1. The van der Waals surface area contributed by atoms with Crippen LogP contribution in [0.5, 0.6) is 0 Å². The highest BCUT2D eigenvalue weighted by molar-refractivity contribution is 9.10. The molecule has 0 aromatic heterocycles. The molecule has 1 unspecified atom stereocenters. The van der Waals surface area contributed by atoms with Gasteiger partial charge in [-0.2, -0.15) is 0 Å². The maximum absolute atomic E-state index is 10.9. The molecule has 0 aliphatic heterocycles. The first kappa shape index (κ1) is 17.7. The summed E-state index contributed by atoms with van der Waals surface area (Å²) in [6.45, 7) is 2.81. The lowest BCUT2D eigenvalue weighted by atomic mass is 10.0. The zero-order chi connectivity index (χ0) is 16.7. The van der Waals surface area contributed by atoms with Gasteiger partial charge in [-0.15, -0.1) is 0 Å². The van der Waals surface area contributed by atoms with Crippen LogP contribution < -0.4 is 5.32 Å². The minimum absolute atomic E-state index is 0.150. The number of aliphatic carboxylic acids is 1. The molecule has 0 aliphatic carbocycles. The smallest absolute Gasteiger partial charge is 0.303 e. The van der Waals surface area contributed by atoms with E-state index in [0.29, 0.717) is 6.42 Å². The molecule has 2 aromatic carbocycles. The summed E-state index contributed by atoms with van der Waals surface area (Å²) in [4.78, 5) is 10.9. The molecular weight excluding hydrogens is 354 g/mol. The van der Waals surface area contributed by atoms with Gasteiger partial charge in [-0.05, 0) is 42.5 Å². The van der Waals surface area contributed by atoms with Gasteiger partial charge in [-0.25, -0.2) is 0 Å². The Bertz CT molecular complexity index is 643. The van der Waals surface area contributed by atoms with Crippen LogP contribution in [0.1, 0.15) is 29.5 Å². The summed E-state index contributed by atoms with van der Waals surface area (Å²) >= 11 is 3.51. The number of hydrogen-bond donors (Lipinski definition) is 2. The van der Waals surface area contributed by atoms with Crippen molar-refractivity contribution in [2.24, 2.45) is 0 Å². The molecule has 1 atom stereocenters. The van der Waals surface area contributed by atoms with Gasteiger partial charge in [0.2, 0.25) is 0 Å². The van der Waals surface area contributed by atoms with Crippen LogP contribution in [0.4, 0.5) is 0 Å². The Labute approximate surface area is 145 Å². The highest BCUT2D eigenvalue weighted by Crippen LogP contribution is 2.17. The van der Waals surface area contributed by atoms with E-state index >= 15 is 0 Å². The lowest BCUT2D eigenvalue weighted by Gasteiger charge is -2.18. The summed E-state index contributed by atoms with van der Waals surface area (Å²) in [6.07, 6.45) is 1.65. The van der Waals surface area contributed by atoms with Crippen molar-refractivity contribution in [3.63, 3.8) is 0 Å². The molecule has 0 aliphatic rings. The van der Waals surface area contributed by atoms with Gasteiger partial charge in [0.05, 0.1) is 0 Å². The second kappa shape index (κ2) is 8.85. The fraction of sp³-hybridized carbons (Fsp3) is 0.316. The van der Waals surface area contributed by atoms with Crippen LogP contribution >= 0.6 is 15.9 Å². The number of carboxylic acids is 1. The van der Waals surface area contributed by atoms with Crippen LogP contribution in [-0.4, -0.2) is 17.1 Å². The summed E-state index contributed by atoms with van der Waals surface area (Å²) in [6, 6.07) is 16.6. The van der Waals surface area contributed by atoms with Crippen LogP contribution in [0.15, 0.2) is 53.0 Å². The Kier molecular flexibility index (Phi) is 6.81. The summed E-state index contributed by atoms with van der Waals surface area (Å²) in [5.74, 6) is -0.746. The molecule has 0 heterocycles. The summed E-state index contributed by atoms with van der Waals surface area (Å²) in [5.41, 5.74) is 3.64. The molecule has 0 saturated heterocycles. The zero-order valence-electron chi connectivity index (χ0n) is 13.3. The SMILES string of the molecule is Cc1cc(CNC(CCC(=O)O)Cc2ccccc2)ccc1Br. The molecule has 3 nitrogen and oxygen atoms in total. The number of benzene rings is 2. The largest absolute Gasteiger partial charge is 0.481 e. The first-order valence-corrected chi connectivity index (χ1v) is 8.58. The van der Waals surface area contributed by atoms with Crippen molar-refractivity contribution in [3.8, 4) is 0 Å². The molecule has 4 heteroatoms. The number of carbonyl (C=O) groups is 1. The van der Waals surface area contributed by atoms with E-state index in [9.17, 15) is 4.79 Å². The minimum Gasteiger partial charge on any atom is -0.481 e. The van der Waals surface area contributed by atoms with E-state index in [1.54, 1.807) is 0 Å². The van der Waals surface area contributed by atoms with Crippen LogP contribution in [0.2, 0.25) is 0 Å². The van der Waals surface area contributed by atoms with Gasteiger partial charge < -0.3 is 10.4 Å². The van der Waals surface area contributed by atoms with E-state index in [1.165, 1.54) is 16.7 Å². The van der Waals surface area contributed by atoms with Gasteiger partial charge >= 0.3 is 5.97 Å². The summed E-state index contributed by atoms with van der Waals surface area (Å²) in [5, 5.41) is 12.5. The highest BCUT2D eigenvalue weighted by atomic mass is 79.9. The van der Waals surface area contributed by atoms with Crippen molar-refractivity contribution in [1.29, 1.82) is 0 Å². The molecule has 0 amide bonds. The van der Waals surface area contributed by atoms with Crippen molar-refractivity contribution in [1.82, 2.24) is 5.32 Å². The second-order valence-corrected chi connectivity index (χ2v) is 6.64. The maximum Gasteiger partial charge on any atom is 0.303 e. The van der Waals surface area contributed by atoms with Crippen LogP contribution in [0.3, 0.4) is 0 Å². The molecule has 122 valence electrons. The Morgan fingerprint density at radius 1 is 1.17 bits per heavy atom. The normalized spacial score (nSPS) is 12.1. The Morgan fingerprint density at radius 3 is 2.57 bits per heavy atom. The number of halogens is 1. The van der Waals surface area contributed by atoms with Crippen molar-refractivity contribution in [2.45, 2.75) is 38.8 Å². The molecule has 2 N–H and O–H groups in total. The van der Waals surface area contributed by atoms with E-state index in [1.807, 2.05) is 18.2 Å². The number of aryl methyl sites for hydroxylation is 1. The summed E-state index contributed by atoms with van der Waals surface area (Å²) in [7, 11) is 0. The van der Waals surface area contributed by atoms with E-state index < -0.39 is 5.97 Å². The monoisotopic (exact) mass is 375 g/mol. The lowest BCUT2D eigenvalue weighted by molar-refractivity contribution is -0.137. The predicted octanol–water partition coefficient (Wildman–Crippen LogP) is 4.32. The maximum atomic E-state index is 10.9. The van der Waals surface area contributed by atoms with E-state index in [4.69, 9.17) is 5.11 Å². The van der Waals surface area contributed by atoms with Crippen molar-refractivity contribution in [2.75, 3.05) is 0 Å². The topological polar surface area (TPSA) is 49.3 Å². The molecule has 0 spiro atoms. The molecule has 0 bridgehead atoms. The molecule has 0 radical (unpaired) electrons. The number of hydrogen-bond acceptors (Lipinski definition) is 2. The molecule has 2 aromatic rings.